The molecule has 0 aliphatic carbocycles. The largest absolute Gasteiger partial charge is 0.495 e. The molecule has 4 rings (SSSR count). The number of carbonyl (C=O) groups is 1. The van der Waals surface area contributed by atoms with Gasteiger partial charge in [0, 0.05) is 24.0 Å². The standard InChI is InChI=1S/C25H30N2O5S/c1-15-6-8-23(31-5)21(11-15)26-25(28)24-18(4)20-12-19(7-9-22(20)32-24)33(29,30)27-13-16(2)10-17(3)14-27/h6-9,11-12,16-17H,10,13-14H2,1-5H3,(H,26,28)/t16-,17-/m1/s1. The molecule has 2 heterocycles. The molecule has 1 amide bonds. The van der Waals surface area contributed by atoms with Crippen LogP contribution in [0.3, 0.4) is 0 Å². The molecular weight excluding hydrogens is 440 g/mol. The highest BCUT2D eigenvalue weighted by Crippen LogP contribution is 2.32. The third-order valence-electron chi connectivity index (χ3n) is 6.19. The van der Waals surface area contributed by atoms with Crippen molar-refractivity contribution in [1.29, 1.82) is 0 Å². The number of ether oxygens (including phenoxy) is 1. The Morgan fingerprint density at radius 3 is 2.45 bits per heavy atom. The van der Waals surface area contributed by atoms with E-state index in [4.69, 9.17) is 9.15 Å². The van der Waals surface area contributed by atoms with Gasteiger partial charge in [-0.3, -0.25) is 4.79 Å². The van der Waals surface area contributed by atoms with Crippen molar-refractivity contribution in [2.24, 2.45) is 11.8 Å². The number of sulfonamides is 1. The Kier molecular flexibility index (Phi) is 6.24. The summed E-state index contributed by atoms with van der Waals surface area (Å²) in [6.07, 6.45) is 1.02. The first-order valence-corrected chi connectivity index (χ1v) is 12.5. The Hall–Kier alpha value is -2.84. The maximum atomic E-state index is 13.3. The summed E-state index contributed by atoms with van der Waals surface area (Å²) in [7, 11) is -2.09. The summed E-state index contributed by atoms with van der Waals surface area (Å²) in [5.74, 6) is 0.897. The third kappa shape index (κ3) is 4.50. The summed E-state index contributed by atoms with van der Waals surface area (Å²) >= 11 is 0. The van der Waals surface area contributed by atoms with Gasteiger partial charge in [-0.1, -0.05) is 19.9 Å². The van der Waals surface area contributed by atoms with E-state index in [1.165, 1.54) is 0 Å². The summed E-state index contributed by atoms with van der Waals surface area (Å²) in [6.45, 7) is 8.87. The van der Waals surface area contributed by atoms with Crippen LogP contribution >= 0.6 is 0 Å². The lowest BCUT2D eigenvalue weighted by atomic mass is 9.94. The minimum atomic E-state index is -3.63. The van der Waals surface area contributed by atoms with Crippen LogP contribution in [-0.4, -0.2) is 38.8 Å². The van der Waals surface area contributed by atoms with E-state index >= 15 is 0 Å². The van der Waals surface area contributed by atoms with Crippen LogP contribution in [0.15, 0.2) is 45.7 Å². The van der Waals surface area contributed by atoms with E-state index in [-0.39, 0.29) is 10.7 Å². The number of anilines is 1. The Morgan fingerprint density at radius 2 is 1.79 bits per heavy atom. The van der Waals surface area contributed by atoms with Gasteiger partial charge in [0.1, 0.15) is 11.3 Å². The molecule has 0 unspecified atom stereocenters. The molecule has 2 aromatic carbocycles. The molecule has 33 heavy (non-hydrogen) atoms. The molecular formula is C25H30N2O5S. The first-order chi connectivity index (χ1) is 15.6. The highest BCUT2D eigenvalue weighted by Gasteiger charge is 2.32. The molecule has 0 saturated carbocycles. The van der Waals surface area contributed by atoms with Gasteiger partial charge in [0.15, 0.2) is 5.76 Å². The topological polar surface area (TPSA) is 88.8 Å². The third-order valence-corrected chi connectivity index (χ3v) is 8.02. The molecule has 1 saturated heterocycles. The lowest BCUT2D eigenvalue weighted by Gasteiger charge is -2.34. The first kappa shape index (κ1) is 23.3. The molecule has 1 fully saturated rings. The molecule has 1 aliphatic heterocycles. The van der Waals surface area contributed by atoms with Crippen LogP contribution in [0.4, 0.5) is 5.69 Å². The average Bonchev–Trinajstić information content (AvgIpc) is 3.09. The number of benzene rings is 2. The van der Waals surface area contributed by atoms with Crippen molar-refractivity contribution in [3.8, 4) is 5.75 Å². The minimum absolute atomic E-state index is 0.142. The number of amides is 1. The molecule has 2 atom stereocenters. The predicted molar refractivity (Wildman–Crippen MR) is 128 cm³/mol. The van der Waals surface area contributed by atoms with E-state index in [1.807, 2.05) is 19.1 Å². The lowest BCUT2D eigenvalue weighted by molar-refractivity contribution is 0.0997. The van der Waals surface area contributed by atoms with Crippen molar-refractivity contribution in [2.45, 2.75) is 39.0 Å². The molecule has 3 aromatic rings. The maximum absolute atomic E-state index is 13.3. The average molecular weight is 471 g/mol. The quantitative estimate of drug-likeness (QED) is 0.568. The van der Waals surface area contributed by atoms with Gasteiger partial charge in [0.25, 0.3) is 5.91 Å². The highest BCUT2D eigenvalue weighted by molar-refractivity contribution is 7.89. The number of carbonyl (C=O) groups excluding carboxylic acids is 1. The van der Waals surface area contributed by atoms with Gasteiger partial charge in [-0.25, -0.2) is 8.42 Å². The summed E-state index contributed by atoms with van der Waals surface area (Å²) in [5.41, 5.74) is 2.57. The number of hydrogen-bond acceptors (Lipinski definition) is 5. The van der Waals surface area contributed by atoms with Crippen LogP contribution in [0.2, 0.25) is 0 Å². The Bertz CT molecular complexity index is 1300. The molecule has 1 N–H and O–H groups in total. The zero-order valence-electron chi connectivity index (χ0n) is 19.6. The van der Waals surface area contributed by atoms with E-state index in [0.717, 1.165) is 12.0 Å². The van der Waals surface area contributed by atoms with Crippen LogP contribution in [0.25, 0.3) is 11.0 Å². The fourth-order valence-electron chi connectivity index (χ4n) is 4.63. The van der Waals surface area contributed by atoms with Gasteiger partial charge in [-0.05, 0) is 68.0 Å². The number of hydrogen-bond donors (Lipinski definition) is 1. The molecule has 0 spiro atoms. The van der Waals surface area contributed by atoms with E-state index in [9.17, 15) is 13.2 Å². The van der Waals surface area contributed by atoms with Crippen molar-refractivity contribution in [3.05, 3.63) is 53.3 Å². The summed E-state index contributed by atoms with van der Waals surface area (Å²) in [6, 6.07) is 10.3. The number of nitrogens with one attached hydrogen (secondary N) is 1. The second kappa shape index (κ2) is 8.83. The fourth-order valence-corrected chi connectivity index (χ4v) is 6.33. The van der Waals surface area contributed by atoms with Crippen molar-refractivity contribution < 1.29 is 22.4 Å². The molecule has 0 bridgehead atoms. The van der Waals surface area contributed by atoms with E-state index in [1.54, 1.807) is 42.6 Å². The van der Waals surface area contributed by atoms with Gasteiger partial charge >= 0.3 is 0 Å². The molecule has 8 heteroatoms. The Morgan fingerprint density at radius 1 is 1.09 bits per heavy atom. The summed E-state index contributed by atoms with van der Waals surface area (Å²) in [4.78, 5) is 13.2. The number of rotatable bonds is 5. The van der Waals surface area contributed by atoms with E-state index in [2.05, 4.69) is 19.2 Å². The lowest BCUT2D eigenvalue weighted by Crippen LogP contribution is -2.42. The van der Waals surface area contributed by atoms with E-state index < -0.39 is 15.9 Å². The van der Waals surface area contributed by atoms with Crippen LogP contribution < -0.4 is 10.1 Å². The van der Waals surface area contributed by atoms with Crippen molar-refractivity contribution in [1.82, 2.24) is 4.31 Å². The Balaban J connectivity index is 1.66. The van der Waals surface area contributed by atoms with Gasteiger partial charge in [-0.15, -0.1) is 0 Å². The van der Waals surface area contributed by atoms with Crippen LogP contribution in [0.5, 0.6) is 5.75 Å². The van der Waals surface area contributed by atoms with Crippen LogP contribution in [0.1, 0.15) is 41.9 Å². The van der Waals surface area contributed by atoms with E-state index in [0.29, 0.717) is 52.9 Å². The van der Waals surface area contributed by atoms with Gasteiger partial charge in [0.05, 0.1) is 17.7 Å². The van der Waals surface area contributed by atoms with Gasteiger partial charge in [0.2, 0.25) is 10.0 Å². The van der Waals surface area contributed by atoms with Crippen LogP contribution in [-0.2, 0) is 10.0 Å². The van der Waals surface area contributed by atoms with Crippen molar-refractivity contribution >= 4 is 32.6 Å². The number of methoxy groups -OCH3 is 1. The van der Waals surface area contributed by atoms with Gasteiger partial charge < -0.3 is 14.5 Å². The highest BCUT2D eigenvalue weighted by atomic mass is 32.2. The fraction of sp³-hybridized carbons (Fsp3) is 0.400. The first-order valence-electron chi connectivity index (χ1n) is 11.1. The predicted octanol–water partition coefficient (Wildman–Crippen LogP) is 4.98. The second-order valence-corrected chi connectivity index (χ2v) is 11.1. The minimum Gasteiger partial charge on any atom is -0.495 e. The summed E-state index contributed by atoms with van der Waals surface area (Å²) in [5, 5.41) is 3.45. The van der Waals surface area contributed by atoms with Crippen molar-refractivity contribution in [2.75, 3.05) is 25.5 Å². The second-order valence-electron chi connectivity index (χ2n) is 9.14. The summed E-state index contributed by atoms with van der Waals surface area (Å²) < 4.78 is 39.4. The molecule has 1 aromatic heterocycles. The monoisotopic (exact) mass is 470 g/mol. The Labute approximate surface area is 194 Å². The number of aryl methyl sites for hydroxylation is 2. The molecule has 0 radical (unpaired) electrons. The number of piperidine rings is 1. The zero-order chi connectivity index (χ0) is 23.9. The zero-order valence-corrected chi connectivity index (χ0v) is 20.5. The molecule has 7 nitrogen and oxygen atoms in total. The smallest absolute Gasteiger partial charge is 0.291 e. The van der Waals surface area contributed by atoms with Gasteiger partial charge in [-0.2, -0.15) is 4.31 Å². The molecule has 176 valence electrons. The van der Waals surface area contributed by atoms with Crippen molar-refractivity contribution in [3.63, 3.8) is 0 Å². The maximum Gasteiger partial charge on any atom is 0.291 e. The number of furan rings is 1. The van der Waals surface area contributed by atoms with Crippen LogP contribution in [0, 0.1) is 25.7 Å². The SMILES string of the molecule is COc1ccc(C)cc1NC(=O)c1oc2ccc(S(=O)(=O)N3C[C@H](C)C[C@@H](C)C3)cc2c1C. The number of fused-ring (bicyclic) bond motifs is 1. The number of nitrogens with zero attached hydrogens (tertiary/aromatic N) is 1. The normalized spacial score (nSPS) is 19.5. The molecule has 1 aliphatic rings.